The van der Waals surface area contributed by atoms with E-state index in [1.54, 1.807) is 0 Å². The number of hydrogen-bond donors (Lipinski definition) is 4. The van der Waals surface area contributed by atoms with E-state index < -0.39 is 10.0 Å². The predicted molar refractivity (Wildman–Crippen MR) is 74.4 cm³/mol. The molecule has 1 aliphatic heterocycles. The van der Waals surface area contributed by atoms with Crippen LogP contribution in [0, 0.1) is 0 Å². The summed E-state index contributed by atoms with van der Waals surface area (Å²) in [5.41, 5.74) is 6.45. The quantitative estimate of drug-likeness (QED) is 0.594. The summed E-state index contributed by atoms with van der Waals surface area (Å²) in [5.74, 6) is 0.0613. The number of nitrogens with zero attached hydrogens (tertiary/aromatic N) is 1. The summed E-state index contributed by atoms with van der Waals surface area (Å²) in [6.07, 6.45) is 1.32. The molecule has 1 amide bonds. The molecule has 3 rings (SSSR count). The van der Waals surface area contributed by atoms with E-state index >= 15 is 0 Å². The van der Waals surface area contributed by atoms with Crippen LogP contribution < -0.4 is 20.5 Å². The van der Waals surface area contributed by atoms with Crippen molar-refractivity contribution in [3.63, 3.8) is 0 Å². The molecule has 2 aromatic rings. The molecule has 9 nitrogen and oxygen atoms in total. The van der Waals surface area contributed by atoms with Crippen molar-refractivity contribution in [2.45, 2.75) is 5.03 Å². The summed E-state index contributed by atoms with van der Waals surface area (Å²) < 4.78 is 31.7. The molecule has 0 aliphatic carbocycles. The molecule has 0 saturated heterocycles. The van der Waals surface area contributed by atoms with Gasteiger partial charge in [0.15, 0.2) is 11.6 Å². The fourth-order valence-electron chi connectivity index (χ4n) is 1.82. The lowest BCUT2D eigenvalue weighted by atomic mass is 10.2. The highest BCUT2D eigenvalue weighted by Gasteiger charge is 2.21. The fraction of sp³-hybridized carbons (Fsp3) is 0.0909. The molecule has 0 saturated carbocycles. The Morgan fingerprint density at radius 3 is 2.90 bits per heavy atom. The van der Waals surface area contributed by atoms with Crippen molar-refractivity contribution < 1.29 is 17.9 Å². The van der Waals surface area contributed by atoms with E-state index in [9.17, 15) is 13.2 Å². The van der Waals surface area contributed by atoms with Gasteiger partial charge in [-0.15, -0.1) is 0 Å². The van der Waals surface area contributed by atoms with Crippen LogP contribution in [-0.2, 0) is 14.8 Å². The zero-order chi connectivity index (χ0) is 15.0. The van der Waals surface area contributed by atoms with Gasteiger partial charge in [0, 0.05) is 6.07 Å². The van der Waals surface area contributed by atoms with Crippen molar-refractivity contribution in [3.05, 3.63) is 24.4 Å². The Bertz CT molecular complexity index is 800. The Labute approximate surface area is 119 Å². The van der Waals surface area contributed by atoms with Crippen LogP contribution in [0.25, 0.3) is 0 Å². The number of H-pyrrole nitrogens is 1. The maximum atomic E-state index is 12.1. The van der Waals surface area contributed by atoms with E-state index in [0.717, 1.165) is 0 Å². The topological polar surface area (TPSA) is 139 Å². The Kier molecular flexibility index (Phi) is 2.94. The van der Waals surface area contributed by atoms with Crippen molar-refractivity contribution in [2.75, 3.05) is 22.4 Å². The van der Waals surface area contributed by atoms with Crippen molar-refractivity contribution in [3.8, 4) is 5.75 Å². The number of ether oxygens (including phenoxy) is 1. The average Bonchev–Trinajstić information content (AvgIpc) is 2.94. The lowest BCUT2D eigenvalue weighted by Crippen LogP contribution is -2.25. The molecule has 0 bridgehead atoms. The highest BCUT2D eigenvalue weighted by atomic mass is 32.2. The van der Waals surface area contributed by atoms with E-state index in [4.69, 9.17) is 10.5 Å². The third-order valence-corrected chi connectivity index (χ3v) is 4.09. The van der Waals surface area contributed by atoms with Gasteiger partial charge in [-0.1, -0.05) is 0 Å². The van der Waals surface area contributed by atoms with Gasteiger partial charge < -0.3 is 15.8 Å². The van der Waals surface area contributed by atoms with Gasteiger partial charge in [0.25, 0.3) is 15.9 Å². The van der Waals surface area contributed by atoms with Gasteiger partial charge in [-0.3, -0.25) is 14.6 Å². The lowest BCUT2D eigenvalue weighted by molar-refractivity contribution is -0.118. The number of benzene rings is 1. The van der Waals surface area contributed by atoms with Crippen LogP contribution in [0.15, 0.2) is 29.4 Å². The molecule has 0 radical (unpaired) electrons. The summed E-state index contributed by atoms with van der Waals surface area (Å²) in [5, 5.41) is 8.41. The second kappa shape index (κ2) is 4.66. The number of nitrogens with one attached hydrogen (secondary N) is 3. The standard InChI is InChI=1S/C11H11N5O4S/c12-6-3-9-8(14-10(17)5-20-9)4-7(6)16-21(18,19)11-1-2-13-15-11/h1-4,16H,5,12H2,(H,13,15)(H,14,17). The second-order valence-electron chi connectivity index (χ2n) is 4.30. The van der Waals surface area contributed by atoms with E-state index in [0.29, 0.717) is 11.4 Å². The smallest absolute Gasteiger partial charge is 0.278 e. The maximum absolute atomic E-state index is 12.1. The van der Waals surface area contributed by atoms with Gasteiger partial charge in [0.2, 0.25) is 0 Å². The van der Waals surface area contributed by atoms with Crippen LogP contribution in [0.2, 0.25) is 0 Å². The van der Waals surface area contributed by atoms with Crippen molar-refractivity contribution >= 4 is 33.0 Å². The first kappa shape index (κ1) is 13.2. The van der Waals surface area contributed by atoms with Crippen LogP contribution in [-0.4, -0.2) is 31.1 Å². The van der Waals surface area contributed by atoms with Crippen molar-refractivity contribution in [2.24, 2.45) is 0 Å². The zero-order valence-electron chi connectivity index (χ0n) is 10.6. The molecular formula is C11H11N5O4S. The number of sulfonamides is 1. The largest absolute Gasteiger partial charge is 0.482 e. The minimum atomic E-state index is -3.83. The number of anilines is 3. The second-order valence-corrected chi connectivity index (χ2v) is 5.95. The van der Waals surface area contributed by atoms with Crippen molar-refractivity contribution in [1.29, 1.82) is 0 Å². The predicted octanol–water partition coefficient (Wildman–Crippen LogP) is 0.124. The molecule has 21 heavy (non-hydrogen) atoms. The van der Waals surface area contributed by atoms with Crippen LogP contribution in [0.4, 0.5) is 17.1 Å². The monoisotopic (exact) mass is 309 g/mol. The summed E-state index contributed by atoms with van der Waals surface area (Å²) in [6, 6.07) is 4.15. The van der Waals surface area contributed by atoms with E-state index in [1.165, 1.54) is 24.4 Å². The molecule has 1 aromatic carbocycles. The average molecular weight is 309 g/mol. The zero-order valence-corrected chi connectivity index (χ0v) is 11.4. The molecule has 0 unspecified atom stereocenters. The summed E-state index contributed by atoms with van der Waals surface area (Å²) >= 11 is 0. The number of amides is 1. The van der Waals surface area contributed by atoms with Gasteiger partial charge in [0.1, 0.15) is 5.75 Å². The molecule has 0 spiro atoms. The Morgan fingerprint density at radius 2 is 2.19 bits per heavy atom. The van der Waals surface area contributed by atoms with Gasteiger partial charge in [0.05, 0.1) is 23.3 Å². The molecule has 10 heteroatoms. The van der Waals surface area contributed by atoms with Gasteiger partial charge in [-0.2, -0.15) is 13.5 Å². The van der Waals surface area contributed by atoms with Gasteiger partial charge in [-0.25, -0.2) is 0 Å². The number of aromatic amines is 1. The van der Waals surface area contributed by atoms with E-state index in [1.807, 2.05) is 0 Å². The number of aromatic nitrogens is 2. The number of carbonyl (C=O) groups excluding carboxylic acids is 1. The van der Waals surface area contributed by atoms with E-state index in [-0.39, 0.29) is 28.9 Å². The fourth-order valence-corrected chi connectivity index (χ4v) is 2.81. The molecule has 110 valence electrons. The van der Waals surface area contributed by atoms with Crippen LogP contribution in [0.1, 0.15) is 0 Å². The van der Waals surface area contributed by atoms with Crippen LogP contribution in [0.5, 0.6) is 5.75 Å². The highest BCUT2D eigenvalue weighted by Crippen LogP contribution is 2.35. The summed E-state index contributed by atoms with van der Waals surface area (Å²) in [6.45, 7) is -0.105. The van der Waals surface area contributed by atoms with Gasteiger partial charge in [-0.05, 0) is 12.1 Å². The molecular weight excluding hydrogens is 298 g/mol. The third kappa shape index (κ3) is 2.48. The first-order valence-electron chi connectivity index (χ1n) is 5.84. The number of hydrogen-bond acceptors (Lipinski definition) is 6. The summed E-state index contributed by atoms with van der Waals surface area (Å²) in [7, 11) is -3.83. The van der Waals surface area contributed by atoms with Crippen molar-refractivity contribution in [1.82, 2.24) is 10.2 Å². The summed E-state index contributed by atoms with van der Waals surface area (Å²) in [4.78, 5) is 11.3. The minimum Gasteiger partial charge on any atom is -0.482 e. The number of nitrogen functional groups attached to an aromatic ring is 1. The number of fused-ring (bicyclic) bond motifs is 1. The first-order valence-corrected chi connectivity index (χ1v) is 7.32. The first-order chi connectivity index (χ1) is 9.95. The van der Waals surface area contributed by atoms with Gasteiger partial charge >= 0.3 is 0 Å². The molecule has 2 heterocycles. The Hall–Kier alpha value is -2.75. The molecule has 5 N–H and O–H groups in total. The number of nitrogens with two attached hydrogens (primary N) is 1. The van der Waals surface area contributed by atoms with Crippen LogP contribution in [0.3, 0.4) is 0 Å². The number of carbonyl (C=O) groups is 1. The molecule has 1 aliphatic rings. The molecule has 1 aromatic heterocycles. The Balaban J connectivity index is 1.96. The molecule has 0 atom stereocenters. The van der Waals surface area contributed by atoms with E-state index in [2.05, 4.69) is 20.2 Å². The Morgan fingerprint density at radius 1 is 1.38 bits per heavy atom. The highest BCUT2D eigenvalue weighted by molar-refractivity contribution is 7.92. The number of rotatable bonds is 3. The third-order valence-electron chi connectivity index (χ3n) is 2.79. The van der Waals surface area contributed by atoms with Crippen LogP contribution >= 0.6 is 0 Å². The minimum absolute atomic E-state index is 0.0973. The maximum Gasteiger partial charge on any atom is 0.278 e. The molecule has 0 fully saturated rings. The normalized spacial score (nSPS) is 14.0. The lowest BCUT2D eigenvalue weighted by Gasteiger charge is -2.20. The SMILES string of the molecule is Nc1cc2c(cc1NS(=O)(=O)c1ccn[nH]1)NC(=O)CO2.